The van der Waals surface area contributed by atoms with Gasteiger partial charge >= 0.3 is 0 Å². The average molecular weight is 405 g/mol. The van der Waals surface area contributed by atoms with Crippen molar-refractivity contribution < 1.29 is 14.1 Å². The summed E-state index contributed by atoms with van der Waals surface area (Å²) in [5.41, 5.74) is 2.50. The van der Waals surface area contributed by atoms with Crippen LogP contribution >= 0.6 is 23.4 Å². The molecule has 4 rings (SSSR count). The molecule has 1 N–H and O–H groups in total. The summed E-state index contributed by atoms with van der Waals surface area (Å²) >= 11 is 7.48. The Morgan fingerprint density at radius 2 is 2.11 bits per heavy atom. The predicted octanol–water partition coefficient (Wildman–Crippen LogP) is 2.41. The van der Waals surface area contributed by atoms with E-state index in [1.807, 2.05) is 6.92 Å². The molecule has 0 bridgehead atoms. The van der Waals surface area contributed by atoms with E-state index < -0.39 is 6.04 Å². The molecule has 2 atom stereocenters. The van der Waals surface area contributed by atoms with Crippen molar-refractivity contribution in [3.05, 3.63) is 52.1 Å². The first-order valence-electron chi connectivity index (χ1n) is 8.43. The van der Waals surface area contributed by atoms with Crippen molar-refractivity contribution in [1.29, 1.82) is 0 Å². The van der Waals surface area contributed by atoms with Crippen molar-refractivity contribution in [2.75, 3.05) is 5.75 Å². The number of thioether (sulfide) groups is 1. The number of hydrogen-bond donors (Lipinski definition) is 1. The average Bonchev–Trinajstić information content (AvgIpc) is 3.07. The van der Waals surface area contributed by atoms with Crippen LogP contribution in [-0.2, 0) is 16.0 Å². The first-order chi connectivity index (χ1) is 12.9. The van der Waals surface area contributed by atoms with E-state index in [0.29, 0.717) is 22.4 Å². The Balaban J connectivity index is 1.46. The van der Waals surface area contributed by atoms with Crippen molar-refractivity contribution >= 4 is 40.9 Å². The SMILES string of the molecule is CC1=C(c2nc(C)no2)N2C(=O)[C@@H](NC(=O)Cc3ccc(Cl)cc3)[C@H]2SC1. The molecule has 3 heterocycles. The largest absolute Gasteiger partial charge is 0.341 e. The molecule has 2 aromatic rings. The standard InChI is InChI=1S/C18H17ClN4O3S/c1-9-8-27-18-14(21-13(24)7-11-3-5-12(19)6-4-11)17(25)23(18)15(9)16-20-10(2)22-26-16/h3-6,14,18H,7-8H2,1-2H3,(H,21,24)/t14-,18-/m1/s1. The number of fused-ring (bicyclic) bond motifs is 1. The second kappa shape index (κ2) is 7.01. The summed E-state index contributed by atoms with van der Waals surface area (Å²) in [6.07, 6.45) is 0.197. The number of benzene rings is 1. The van der Waals surface area contributed by atoms with Crippen molar-refractivity contribution in [3.8, 4) is 0 Å². The fraction of sp³-hybridized carbons (Fsp3) is 0.333. The van der Waals surface area contributed by atoms with Gasteiger partial charge in [-0.25, -0.2) is 0 Å². The highest BCUT2D eigenvalue weighted by molar-refractivity contribution is 8.00. The van der Waals surface area contributed by atoms with Gasteiger partial charge in [0.25, 0.3) is 11.8 Å². The molecule has 1 aromatic heterocycles. The van der Waals surface area contributed by atoms with Crippen molar-refractivity contribution in [3.63, 3.8) is 0 Å². The van der Waals surface area contributed by atoms with Gasteiger partial charge in [0, 0.05) is 10.8 Å². The molecule has 0 spiro atoms. The van der Waals surface area contributed by atoms with Crippen molar-refractivity contribution in [1.82, 2.24) is 20.4 Å². The third-order valence-corrected chi connectivity index (χ3v) is 6.16. The number of amides is 2. The summed E-state index contributed by atoms with van der Waals surface area (Å²) in [7, 11) is 0. The van der Waals surface area contributed by atoms with Crippen molar-refractivity contribution in [2.24, 2.45) is 0 Å². The summed E-state index contributed by atoms with van der Waals surface area (Å²) in [4.78, 5) is 31.0. The summed E-state index contributed by atoms with van der Waals surface area (Å²) < 4.78 is 5.26. The number of aryl methyl sites for hydroxylation is 1. The minimum Gasteiger partial charge on any atom is -0.341 e. The third-order valence-electron chi connectivity index (χ3n) is 4.48. The lowest BCUT2D eigenvalue weighted by Gasteiger charge is -2.49. The maximum atomic E-state index is 12.7. The molecule has 2 aliphatic rings. The number of β-lactam (4-membered cyclic amide) rings is 1. The number of nitrogens with zero attached hydrogens (tertiary/aromatic N) is 3. The minimum atomic E-state index is -0.554. The molecular weight excluding hydrogens is 388 g/mol. The van der Waals surface area contributed by atoms with Gasteiger partial charge in [-0.3, -0.25) is 14.5 Å². The fourth-order valence-electron chi connectivity index (χ4n) is 3.18. The Hall–Kier alpha value is -2.32. The molecule has 0 saturated carbocycles. The number of hydrogen-bond acceptors (Lipinski definition) is 6. The number of halogens is 1. The second-order valence-corrected chi connectivity index (χ2v) is 8.08. The highest BCUT2D eigenvalue weighted by Gasteiger charge is 2.53. The van der Waals surface area contributed by atoms with E-state index in [2.05, 4.69) is 15.5 Å². The zero-order chi connectivity index (χ0) is 19.1. The summed E-state index contributed by atoms with van der Waals surface area (Å²) in [5, 5.41) is 7.11. The van der Waals surface area contributed by atoms with Crippen LogP contribution in [0.4, 0.5) is 0 Å². The lowest BCUT2D eigenvalue weighted by atomic mass is 10.0. The van der Waals surface area contributed by atoms with Gasteiger partial charge in [0.05, 0.1) is 6.42 Å². The lowest BCUT2D eigenvalue weighted by Crippen LogP contribution is -2.69. The van der Waals surface area contributed by atoms with E-state index >= 15 is 0 Å². The molecule has 0 radical (unpaired) electrons. The molecule has 1 aromatic carbocycles. The third kappa shape index (κ3) is 3.35. The van der Waals surface area contributed by atoms with E-state index in [9.17, 15) is 9.59 Å². The minimum absolute atomic E-state index is 0.165. The smallest absolute Gasteiger partial charge is 0.274 e. The second-order valence-electron chi connectivity index (χ2n) is 6.53. The molecular formula is C18H17ClN4O3S. The zero-order valence-corrected chi connectivity index (χ0v) is 16.3. The molecule has 1 saturated heterocycles. The molecule has 140 valence electrons. The molecule has 7 nitrogen and oxygen atoms in total. The summed E-state index contributed by atoms with van der Waals surface area (Å²) in [5.74, 6) is 1.23. The molecule has 0 unspecified atom stereocenters. The van der Waals surface area contributed by atoms with Gasteiger partial charge in [-0.2, -0.15) is 4.98 Å². The molecule has 9 heteroatoms. The first-order valence-corrected chi connectivity index (χ1v) is 9.85. The van der Waals surface area contributed by atoms with Gasteiger partial charge in [0.1, 0.15) is 17.1 Å². The van der Waals surface area contributed by atoms with E-state index in [1.54, 1.807) is 47.9 Å². The van der Waals surface area contributed by atoms with Crippen molar-refractivity contribution in [2.45, 2.75) is 31.7 Å². The van der Waals surface area contributed by atoms with Crippen LogP contribution < -0.4 is 5.32 Å². The fourth-order valence-corrected chi connectivity index (χ4v) is 4.60. The molecule has 0 aliphatic carbocycles. The van der Waals surface area contributed by atoms with Crippen LogP contribution in [0.25, 0.3) is 5.70 Å². The van der Waals surface area contributed by atoms with Gasteiger partial charge in [0.15, 0.2) is 5.82 Å². The van der Waals surface area contributed by atoms with Crippen LogP contribution in [0.1, 0.15) is 24.2 Å². The van der Waals surface area contributed by atoms with Crippen LogP contribution in [-0.4, -0.2) is 44.0 Å². The van der Waals surface area contributed by atoms with Gasteiger partial charge in [-0.15, -0.1) is 11.8 Å². The topological polar surface area (TPSA) is 88.3 Å². The van der Waals surface area contributed by atoms with E-state index in [1.165, 1.54) is 0 Å². The zero-order valence-electron chi connectivity index (χ0n) is 14.7. The van der Waals surface area contributed by atoms with E-state index in [4.69, 9.17) is 16.1 Å². The Morgan fingerprint density at radius 3 is 2.78 bits per heavy atom. The first kappa shape index (κ1) is 18.1. The van der Waals surface area contributed by atoms with Crippen LogP contribution in [0.5, 0.6) is 0 Å². The monoisotopic (exact) mass is 404 g/mol. The lowest BCUT2D eigenvalue weighted by molar-refractivity contribution is -0.143. The molecule has 2 amide bonds. The molecule has 2 aliphatic heterocycles. The van der Waals surface area contributed by atoms with Gasteiger partial charge in [-0.1, -0.05) is 28.9 Å². The van der Waals surface area contributed by atoms with Gasteiger partial charge in [0.2, 0.25) is 5.91 Å². The van der Waals surface area contributed by atoms with Crippen LogP contribution in [0.3, 0.4) is 0 Å². The number of carbonyl (C=O) groups excluding carboxylic acids is 2. The predicted molar refractivity (Wildman–Crippen MR) is 102 cm³/mol. The number of carbonyl (C=O) groups is 2. The Kier molecular flexibility index (Phi) is 4.69. The maximum Gasteiger partial charge on any atom is 0.274 e. The Labute approximate surface area is 165 Å². The van der Waals surface area contributed by atoms with Gasteiger partial charge < -0.3 is 9.84 Å². The van der Waals surface area contributed by atoms with Gasteiger partial charge in [-0.05, 0) is 37.1 Å². The van der Waals surface area contributed by atoms with E-state index in [0.717, 1.165) is 16.9 Å². The summed E-state index contributed by atoms with van der Waals surface area (Å²) in [6.45, 7) is 3.67. The molecule has 27 heavy (non-hydrogen) atoms. The Bertz CT molecular complexity index is 940. The Morgan fingerprint density at radius 1 is 1.37 bits per heavy atom. The van der Waals surface area contributed by atoms with Crippen LogP contribution in [0.15, 0.2) is 34.4 Å². The molecule has 1 fully saturated rings. The number of aromatic nitrogens is 2. The maximum absolute atomic E-state index is 12.7. The number of nitrogens with one attached hydrogen (secondary N) is 1. The van der Waals surface area contributed by atoms with Crippen LogP contribution in [0, 0.1) is 6.92 Å². The highest BCUT2D eigenvalue weighted by Crippen LogP contribution is 2.43. The normalized spacial score (nSPS) is 21.7. The van der Waals surface area contributed by atoms with Crippen LogP contribution in [0.2, 0.25) is 5.02 Å². The summed E-state index contributed by atoms with van der Waals surface area (Å²) in [6, 6.07) is 6.53. The van der Waals surface area contributed by atoms with E-state index in [-0.39, 0.29) is 23.6 Å². The number of rotatable bonds is 4. The quantitative estimate of drug-likeness (QED) is 0.787. The highest BCUT2D eigenvalue weighted by atomic mass is 35.5.